The zero-order valence-electron chi connectivity index (χ0n) is 19.6. The van der Waals surface area contributed by atoms with Gasteiger partial charge in [-0.15, -0.1) is 0 Å². The van der Waals surface area contributed by atoms with E-state index in [1.54, 1.807) is 54.1 Å². The molecule has 0 saturated carbocycles. The second kappa shape index (κ2) is 8.13. The Morgan fingerprint density at radius 2 is 1.92 bits per heavy atom. The first-order valence-electron chi connectivity index (χ1n) is 11.4. The van der Waals surface area contributed by atoms with Gasteiger partial charge < -0.3 is 4.74 Å². The fourth-order valence-corrected chi connectivity index (χ4v) is 5.88. The molecule has 0 bridgehead atoms. The second-order valence-electron chi connectivity index (χ2n) is 8.81. The number of aromatic nitrogens is 6. The average molecular weight is 499 g/mol. The fourth-order valence-electron chi connectivity index (χ4n) is 4.28. The molecule has 36 heavy (non-hydrogen) atoms. The number of hydrogen-bond acceptors (Lipinski definition) is 7. The summed E-state index contributed by atoms with van der Waals surface area (Å²) < 4.78 is 35.2. The van der Waals surface area contributed by atoms with Crippen LogP contribution in [-0.2, 0) is 10.0 Å². The van der Waals surface area contributed by atoms with Crippen LogP contribution in [0.5, 0.6) is 11.6 Å². The Bertz CT molecular complexity index is 1800. The van der Waals surface area contributed by atoms with Crippen LogP contribution in [0.15, 0.2) is 85.4 Å². The summed E-state index contributed by atoms with van der Waals surface area (Å²) >= 11 is 0. The van der Waals surface area contributed by atoms with Gasteiger partial charge in [-0.25, -0.2) is 22.4 Å². The minimum atomic E-state index is -3.78. The van der Waals surface area contributed by atoms with Crippen molar-refractivity contribution in [1.82, 2.24) is 28.5 Å². The maximum Gasteiger partial charge on any atom is 0.249 e. The fraction of sp³-hybridized carbons (Fsp3) is 0.154. The standard InChI is InChI=1S/C26H22N6O3S/c1-18-7-6-8-20(29-18)21-17-24(32-23(30-21)10-15-28-32)35-22-9-14-27-25-19(22)11-16-31(25)36(33,34)26(2)12-4-3-5-13-26/h3-12,14-17H,13H2,1-2H3. The number of ether oxygens (including phenoxy) is 1. The van der Waals surface area contributed by atoms with Gasteiger partial charge in [-0.2, -0.15) is 9.61 Å². The van der Waals surface area contributed by atoms with Gasteiger partial charge in [0.05, 0.1) is 23.0 Å². The Morgan fingerprint density at radius 3 is 2.72 bits per heavy atom. The number of pyridine rings is 2. The Balaban J connectivity index is 1.45. The van der Waals surface area contributed by atoms with Crippen molar-refractivity contribution >= 4 is 26.7 Å². The number of allylic oxidation sites excluding steroid dienone is 3. The van der Waals surface area contributed by atoms with Crippen molar-refractivity contribution in [2.24, 2.45) is 0 Å². The highest BCUT2D eigenvalue weighted by Crippen LogP contribution is 2.35. The predicted molar refractivity (Wildman–Crippen MR) is 136 cm³/mol. The first kappa shape index (κ1) is 22.2. The molecule has 0 amide bonds. The molecule has 5 aromatic rings. The molecule has 0 radical (unpaired) electrons. The normalized spacial score (nSPS) is 17.7. The van der Waals surface area contributed by atoms with Crippen molar-refractivity contribution < 1.29 is 13.2 Å². The molecule has 0 N–H and O–H groups in total. The number of fused-ring (bicyclic) bond motifs is 2. The number of hydrogen-bond donors (Lipinski definition) is 0. The summed E-state index contributed by atoms with van der Waals surface area (Å²) in [7, 11) is -3.78. The Kier molecular flexibility index (Phi) is 5.01. The van der Waals surface area contributed by atoms with Gasteiger partial charge in [-0.05, 0) is 44.5 Å². The SMILES string of the molecule is Cc1cccc(-c2cc(Oc3ccnc4c3ccn4S(=O)(=O)C3(C)C=CC=CC3)n3nccc3n2)n1. The Hall–Kier alpha value is -4.31. The highest BCUT2D eigenvalue weighted by Gasteiger charge is 2.39. The monoisotopic (exact) mass is 498 g/mol. The summed E-state index contributed by atoms with van der Waals surface area (Å²) in [6, 6.07) is 12.7. The molecule has 0 aliphatic heterocycles. The van der Waals surface area contributed by atoms with E-state index in [1.807, 2.05) is 37.3 Å². The lowest BCUT2D eigenvalue weighted by Gasteiger charge is -2.26. The van der Waals surface area contributed by atoms with E-state index in [0.717, 1.165) is 5.69 Å². The third-order valence-electron chi connectivity index (χ3n) is 6.27. The third kappa shape index (κ3) is 3.49. The van der Waals surface area contributed by atoms with Crippen LogP contribution in [0.4, 0.5) is 0 Å². The first-order chi connectivity index (χ1) is 17.4. The van der Waals surface area contributed by atoms with Gasteiger partial charge in [0.25, 0.3) is 0 Å². The quantitative estimate of drug-likeness (QED) is 0.346. The van der Waals surface area contributed by atoms with Crippen LogP contribution in [0, 0.1) is 6.92 Å². The minimum absolute atomic E-state index is 0.294. The van der Waals surface area contributed by atoms with E-state index in [2.05, 4.69) is 20.1 Å². The minimum Gasteiger partial charge on any atom is -0.438 e. The molecule has 5 heterocycles. The topological polar surface area (TPSA) is 104 Å². The summed E-state index contributed by atoms with van der Waals surface area (Å²) in [5.74, 6) is 0.864. The molecular weight excluding hydrogens is 476 g/mol. The molecule has 10 heteroatoms. The summed E-state index contributed by atoms with van der Waals surface area (Å²) in [6.45, 7) is 3.63. The number of aryl methyl sites for hydroxylation is 1. The first-order valence-corrected chi connectivity index (χ1v) is 12.8. The zero-order valence-corrected chi connectivity index (χ0v) is 20.4. The van der Waals surface area contributed by atoms with Crippen LogP contribution in [0.1, 0.15) is 19.0 Å². The van der Waals surface area contributed by atoms with Gasteiger partial charge in [0.1, 0.15) is 10.5 Å². The van der Waals surface area contributed by atoms with Crippen molar-refractivity contribution in [3.63, 3.8) is 0 Å². The summed E-state index contributed by atoms with van der Waals surface area (Å²) in [4.78, 5) is 13.6. The molecule has 0 spiro atoms. The van der Waals surface area contributed by atoms with Gasteiger partial charge in [0, 0.05) is 30.2 Å². The largest absolute Gasteiger partial charge is 0.438 e. The molecule has 5 aromatic heterocycles. The maximum atomic E-state index is 13.6. The smallest absolute Gasteiger partial charge is 0.249 e. The van der Waals surface area contributed by atoms with Crippen LogP contribution in [0.25, 0.3) is 28.1 Å². The van der Waals surface area contributed by atoms with Crippen LogP contribution in [-0.4, -0.2) is 41.7 Å². The number of rotatable bonds is 5. The lowest BCUT2D eigenvalue weighted by Crippen LogP contribution is -2.37. The van der Waals surface area contributed by atoms with Gasteiger partial charge in [-0.3, -0.25) is 4.98 Å². The van der Waals surface area contributed by atoms with E-state index in [1.165, 1.54) is 16.4 Å². The van der Waals surface area contributed by atoms with Gasteiger partial charge >= 0.3 is 0 Å². The van der Waals surface area contributed by atoms with E-state index in [0.29, 0.717) is 46.1 Å². The molecule has 0 saturated heterocycles. The highest BCUT2D eigenvalue weighted by molar-refractivity contribution is 7.91. The average Bonchev–Trinajstić information content (AvgIpc) is 3.52. The molecule has 1 atom stereocenters. The van der Waals surface area contributed by atoms with E-state index >= 15 is 0 Å². The highest BCUT2D eigenvalue weighted by atomic mass is 32.2. The molecule has 1 unspecified atom stereocenters. The lowest BCUT2D eigenvalue weighted by atomic mass is 10.0. The molecule has 6 rings (SSSR count). The van der Waals surface area contributed by atoms with Crippen LogP contribution in [0.2, 0.25) is 0 Å². The van der Waals surface area contributed by atoms with Gasteiger partial charge in [0.2, 0.25) is 15.9 Å². The molecule has 9 nitrogen and oxygen atoms in total. The predicted octanol–water partition coefficient (Wildman–Crippen LogP) is 4.69. The van der Waals surface area contributed by atoms with Crippen molar-refractivity contribution in [1.29, 1.82) is 0 Å². The second-order valence-corrected chi connectivity index (χ2v) is 11.1. The van der Waals surface area contributed by atoms with Gasteiger partial charge in [-0.1, -0.05) is 30.4 Å². The van der Waals surface area contributed by atoms with Crippen LogP contribution < -0.4 is 4.74 Å². The van der Waals surface area contributed by atoms with Crippen molar-refractivity contribution in [2.75, 3.05) is 0 Å². The van der Waals surface area contributed by atoms with Crippen molar-refractivity contribution in [3.05, 3.63) is 91.1 Å². The Labute approximate surface area is 207 Å². The molecule has 180 valence electrons. The molecule has 0 aromatic carbocycles. The zero-order chi connectivity index (χ0) is 24.9. The molecule has 0 fully saturated rings. The van der Waals surface area contributed by atoms with E-state index < -0.39 is 14.8 Å². The van der Waals surface area contributed by atoms with Crippen molar-refractivity contribution in [3.8, 4) is 23.0 Å². The van der Waals surface area contributed by atoms with Crippen molar-refractivity contribution in [2.45, 2.75) is 25.0 Å². The summed E-state index contributed by atoms with van der Waals surface area (Å²) in [5.41, 5.74) is 3.12. The molecule has 1 aliphatic rings. The summed E-state index contributed by atoms with van der Waals surface area (Å²) in [6.07, 6.45) is 12.2. The Morgan fingerprint density at radius 1 is 1.03 bits per heavy atom. The van der Waals surface area contributed by atoms with Crippen LogP contribution in [0.3, 0.4) is 0 Å². The maximum absolute atomic E-state index is 13.6. The molecule has 1 aliphatic carbocycles. The summed E-state index contributed by atoms with van der Waals surface area (Å²) in [5, 5.41) is 4.90. The third-order valence-corrected chi connectivity index (χ3v) is 8.57. The van der Waals surface area contributed by atoms with Crippen LogP contribution >= 0.6 is 0 Å². The van der Waals surface area contributed by atoms with E-state index in [9.17, 15) is 8.42 Å². The molecular formula is C26H22N6O3S. The number of nitrogens with zero attached hydrogens (tertiary/aromatic N) is 6. The van der Waals surface area contributed by atoms with E-state index in [-0.39, 0.29) is 0 Å². The van der Waals surface area contributed by atoms with Gasteiger partial charge in [0.15, 0.2) is 11.3 Å². The lowest BCUT2D eigenvalue weighted by molar-refractivity contribution is 0.451. The van der Waals surface area contributed by atoms with E-state index in [4.69, 9.17) is 4.74 Å².